The molecule has 136 valence electrons. The third kappa shape index (κ3) is 4.75. The normalized spacial score (nSPS) is 14.8. The van der Waals surface area contributed by atoms with Gasteiger partial charge in [0.1, 0.15) is 18.0 Å². The van der Waals surface area contributed by atoms with Crippen LogP contribution in [0.3, 0.4) is 0 Å². The van der Waals surface area contributed by atoms with Gasteiger partial charge in [-0.3, -0.25) is 4.90 Å². The number of aliphatic carboxylic acids is 1. The van der Waals surface area contributed by atoms with Gasteiger partial charge in [-0.05, 0) is 50.0 Å². The molecule has 0 saturated carbocycles. The van der Waals surface area contributed by atoms with Gasteiger partial charge in [0, 0.05) is 6.08 Å². The number of rotatable bonds is 3. The Hall–Kier alpha value is -2.50. The maximum absolute atomic E-state index is 12.4. The van der Waals surface area contributed by atoms with Crippen molar-refractivity contribution in [3.63, 3.8) is 0 Å². The molecule has 6 heteroatoms. The van der Waals surface area contributed by atoms with Crippen LogP contribution in [-0.4, -0.2) is 35.9 Å². The van der Waals surface area contributed by atoms with Crippen molar-refractivity contribution in [2.24, 2.45) is 5.92 Å². The highest BCUT2D eigenvalue weighted by Crippen LogP contribution is 2.36. The molecule has 0 aliphatic carbocycles. The quantitative estimate of drug-likeness (QED) is 0.838. The van der Waals surface area contributed by atoms with Gasteiger partial charge in [0.15, 0.2) is 0 Å². The van der Waals surface area contributed by atoms with Gasteiger partial charge in [-0.15, -0.1) is 0 Å². The number of hydrogen-bond donors (Lipinski definition) is 1. The number of fused-ring (bicyclic) bond motifs is 1. The van der Waals surface area contributed by atoms with Crippen molar-refractivity contribution in [3.8, 4) is 5.75 Å². The standard InChI is InChI=1S/C19H25NO5/c1-12(2)14(11-17(21)22)13-6-7-15-16(10-13)24-9-8-20(15)18(23)25-19(3,4)5/h6-7,10-12H,8-9H2,1-5H3,(H,21,22). The van der Waals surface area contributed by atoms with Crippen LogP contribution in [0.25, 0.3) is 5.57 Å². The molecule has 1 heterocycles. The molecule has 6 nitrogen and oxygen atoms in total. The highest BCUT2D eigenvalue weighted by molar-refractivity contribution is 5.93. The average molecular weight is 347 g/mol. The number of nitrogens with zero attached hydrogens (tertiary/aromatic N) is 1. The van der Waals surface area contributed by atoms with Crippen LogP contribution in [0.1, 0.15) is 40.2 Å². The fourth-order valence-corrected chi connectivity index (χ4v) is 2.62. The first kappa shape index (κ1) is 18.8. The Morgan fingerprint density at radius 3 is 2.56 bits per heavy atom. The summed E-state index contributed by atoms with van der Waals surface area (Å²) in [6, 6.07) is 5.35. The molecule has 2 rings (SSSR count). The van der Waals surface area contributed by atoms with Crippen LogP contribution in [0.5, 0.6) is 5.75 Å². The summed E-state index contributed by atoms with van der Waals surface area (Å²) in [5.74, 6) is -0.399. The highest BCUT2D eigenvalue weighted by atomic mass is 16.6. The Morgan fingerprint density at radius 1 is 1.32 bits per heavy atom. The summed E-state index contributed by atoms with van der Waals surface area (Å²) in [5.41, 5.74) is 1.52. The third-order valence-electron chi connectivity index (χ3n) is 3.67. The molecule has 0 saturated heterocycles. The molecule has 1 aliphatic rings. The fraction of sp³-hybridized carbons (Fsp3) is 0.474. The lowest BCUT2D eigenvalue weighted by Crippen LogP contribution is -2.41. The number of allylic oxidation sites excluding steroid dienone is 1. The Balaban J connectivity index is 2.37. The molecule has 0 spiro atoms. The molecular weight excluding hydrogens is 322 g/mol. The lowest BCUT2D eigenvalue weighted by atomic mass is 9.94. The molecule has 1 N–H and O–H groups in total. The van der Waals surface area contributed by atoms with Gasteiger partial charge in [0.05, 0.1) is 12.2 Å². The summed E-state index contributed by atoms with van der Waals surface area (Å²) in [6.45, 7) is 10.1. The van der Waals surface area contributed by atoms with Gasteiger partial charge in [0.2, 0.25) is 0 Å². The molecule has 0 radical (unpaired) electrons. The van der Waals surface area contributed by atoms with E-state index in [1.807, 2.05) is 34.6 Å². The van der Waals surface area contributed by atoms with Crippen molar-refractivity contribution < 1.29 is 24.2 Å². The van der Waals surface area contributed by atoms with Gasteiger partial charge in [-0.2, -0.15) is 0 Å². The van der Waals surface area contributed by atoms with E-state index in [1.165, 1.54) is 6.08 Å². The SMILES string of the molecule is CC(C)C(=CC(=O)O)c1ccc2c(c1)OCCN2C(=O)OC(C)(C)C. The van der Waals surface area contributed by atoms with Crippen molar-refractivity contribution >= 4 is 23.3 Å². The Bertz CT molecular complexity index is 700. The van der Waals surface area contributed by atoms with Crippen molar-refractivity contribution in [2.45, 2.75) is 40.2 Å². The van der Waals surface area contributed by atoms with Crippen LogP contribution in [-0.2, 0) is 9.53 Å². The Kier molecular flexibility index (Phi) is 5.40. The Morgan fingerprint density at radius 2 is 2.00 bits per heavy atom. The second-order valence-electron chi connectivity index (χ2n) is 7.26. The smallest absolute Gasteiger partial charge is 0.415 e. The van der Waals surface area contributed by atoms with E-state index < -0.39 is 17.7 Å². The van der Waals surface area contributed by atoms with E-state index in [-0.39, 0.29) is 5.92 Å². The molecule has 0 unspecified atom stereocenters. The predicted molar refractivity (Wildman–Crippen MR) is 96.0 cm³/mol. The van der Waals surface area contributed by atoms with E-state index in [0.717, 1.165) is 5.56 Å². The van der Waals surface area contributed by atoms with Crippen molar-refractivity contribution in [3.05, 3.63) is 29.8 Å². The Labute approximate surface area is 148 Å². The van der Waals surface area contributed by atoms with Crippen LogP contribution in [0.2, 0.25) is 0 Å². The van der Waals surface area contributed by atoms with E-state index in [1.54, 1.807) is 23.1 Å². The molecule has 1 aromatic carbocycles. The minimum atomic E-state index is -0.988. The number of anilines is 1. The highest BCUT2D eigenvalue weighted by Gasteiger charge is 2.28. The zero-order valence-electron chi connectivity index (χ0n) is 15.3. The topological polar surface area (TPSA) is 76.1 Å². The van der Waals surface area contributed by atoms with Gasteiger partial charge in [0.25, 0.3) is 0 Å². The van der Waals surface area contributed by atoms with E-state index in [9.17, 15) is 9.59 Å². The minimum Gasteiger partial charge on any atom is -0.490 e. The maximum atomic E-state index is 12.4. The summed E-state index contributed by atoms with van der Waals surface area (Å²) in [5, 5.41) is 9.08. The molecule has 1 aromatic rings. The lowest BCUT2D eigenvalue weighted by molar-refractivity contribution is -0.131. The number of amides is 1. The number of carboxylic acid groups (broad SMARTS) is 1. The zero-order chi connectivity index (χ0) is 18.8. The van der Waals surface area contributed by atoms with Gasteiger partial charge in [-0.25, -0.2) is 9.59 Å². The van der Waals surface area contributed by atoms with E-state index in [2.05, 4.69) is 0 Å². The van der Waals surface area contributed by atoms with E-state index in [0.29, 0.717) is 30.2 Å². The summed E-state index contributed by atoms with van der Waals surface area (Å²) in [7, 11) is 0. The number of hydrogen-bond acceptors (Lipinski definition) is 4. The molecule has 0 bridgehead atoms. The lowest BCUT2D eigenvalue weighted by Gasteiger charge is -2.32. The first-order chi connectivity index (χ1) is 11.6. The van der Waals surface area contributed by atoms with Crippen molar-refractivity contribution in [2.75, 3.05) is 18.1 Å². The average Bonchev–Trinajstić information content (AvgIpc) is 2.49. The van der Waals surface area contributed by atoms with Gasteiger partial charge < -0.3 is 14.6 Å². The monoisotopic (exact) mass is 347 g/mol. The van der Waals surface area contributed by atoms with Gasteiger partial charge >= 0.3 is 12.1 Å². The second kappa shape index (κ2) is 7.17. The molecule has 1 amide bonds. The van der Waals surface area contributed by atoms with E-state index in [4.69, 9.17) is 14.6 Å². The maximum Gasteiger partial charge on any atom is 0.415 e. The number of benzene rings is 1. The predicted octanol–water partition coefficient (Wildman–Crippen LogP) is 3.94. The first-order valence-corrected chi connectivity index (χ1v) is 8.31. The van der Waals surface area contributed by atoms with E-state index >= 15 is 0 Å². The fourth-order valence-electron chi connectivity index (χ4n) is 2.62. The molecule has 0 aromatic heterocycles. The van der Waals surface area contributed by atoms with Crippen LogP contribution in [0, 0.1) is 5.92 Å². The minimum absolute atomic E-state index is 0.0414. The number of carbonyl (C=O) groups excluding carboxylic acids is 1. The van der Waals surface area contributed by atoms with Crippen LogP contribution in [0.4, 0.5) is 10.5 Å². The molecule has 25 heavy (non-hydrogen) atoms. The zero-order valence-corrected chi connectivity index (χ0v) is 15.3. The molecule has 0 fully saturated rings. The largest absolute Gasteiger partial charge is 0.490 e. The van der Waals surface area contributed by atoms with Crippen molar-refractivity contribution in [1.29, 1.82) is 0 Å². The molecular formula is C19H25NO5. The third-order valence-corrected chi connectivity index (χ3v) is 3.67. The summed E-state index contributed by atoms with van der Waals surface area (Å²) in [4.78, 5) is 25.0. The van der Waals surface area contributed by atoms with Crippen LogP contribution < -0.4 is 9.64 Å². The van der Waals surface area contributed by atoms with Crippen LogP contribution >= 0.6 is 0 Å². The number of ether oxygens (including phenoxy) is 2. The van der Waals surface area contributed by atoms with Gasteiger partial charge in [-0.1, -0.05) is 19.9 Å². The van der Waals surface area contributed by atoms with Crippen molar-refractivity contribution in [1.82, 2.24) is 0 Å². The number of carbonyl (C=O) groups is 2. The first-order valence-electron chi connectivity index (χ1n) is 8.31. The number of carboxylic acids is 1. The summed E-state index contributed by atoms with van der Waals surface area (Å²) < 4.78 is 11.1. The second-order valence-corrected chi connectivity index (χ2v) is 7.26. The van der Waals surface area contributed by atoms with Crippen LogP contribution in [0.15, 0.2) is 24.3 Å². The summed E-state index contributed by atoms with van der Waals surface area (Å²) in [6.07, 6.45) is 0.788. The summed E-state index contributed by atoms with van der Waals surface area (Å²) >= 11 is 0. The molecule has 1 aliphatic heterocycles. The molecule has 0 atom stereocenters.